The standard InChI is InChI=1S/C34H46N6O6/c1-6-24-18-40(34(45)25-17-23-13-10-14-26(23)39-33(25)46-5)19-29(41)35-21(4)30(42)37-27(15-20(2)3)32(44)38-28(31(43)36-24)16-22-11-8-7-9-12-22/h7-9,11-12,17,20-21,24,27-28H,6,10,13-16,18-19H2,1-5H3,(H,35,41)(H,36,43)(H,37,42)(H,38,44)/t21-,24+,27+,28+/m1/s1. The molecule has 4 rings (SSSR count). The van der Waals surface area contributed by atoms with E-state index in [1.165, 1.54) is 18.9 Å². The molecule has 2 aromatic rings. The van der Waals surface area contributed by atoms with Gasteiger partial charge < -0.3 is 30.9 Å². The molecule has 46 heavy (non-hydrogen) atoms. The summed E-state index contributed by atoms with van der Waals surface area (Å²) in [6.07, 6.45) is 3.50. The van der Waals surface area contributed by atoms with Crippen LogP contribution >= 0.6 is 0 Å². The van der Waals surface area contributed by atoms with E-state index in [9.17, 15) is 24.0 Å². The topological polar surface area (TPSA) is 159 Å². The van der Waals surface area contributed by atoms with E-state index in [0.717, 1.165) is 36.1 Å². The molecular formula is C34H46N6O6. The molecule has 5 amide bonds. The molecule has 12 nitrogen and oxygen atoms in total. The predicted molar refractivity (Wildman–Crippen MR) is 172 cm³/mol. The molecule has 1 saturated heterocycles. The minimum atomic E-state index is -0.991. The van der Waals surface area contributed by atoms with E-state index in [-0.39, 0.29) is 36.9 Å². The third-order valence-electron chi connectivity index (χ3n) is 8.37. The van der Waals surface area contributed by atoms with Crippen LogP contribution < -0.4 is 26.0 Å². The largest absolute Gasteiger partial charge is 0.480 e. The van der Waals surface area contributed by atoms with Gasteiger partial charge in [-0.3, -0.25) is 24.0 Å². The van der Waals surface area contributed by atoms with Gasteiger partial charge in [0.2, 0.25) is 29.5 Å². The normalized spacial score (nSPS) is 23.0. The highest BCUT2D eigenvalue weighted by Gasteiger charge is 2.33. The van der Waals surface area contributed by atoms with E-state index < -0.39 is 53.7 Å². The van der Waals surface area contributed by atoms with E-state index in [1.54, 1.807) is 6.07 Å². The number of nitrogens with zero attached hydrogens (tertiary/aromatic N) is 2. The molecule has 0 bridgehead atoms. The maximum atomic E-state index is 14.1. The van der Waals surface area contributed by atoms with Crippen LogP contribution in [0.15, 0.2) is 36.4 Å². The molecule has 0 radical (unpaired) electrons. The van der Waals surface area contributed by atoms with Crippen molar-refractivity contribution in [2.24, 2.45) is 5.92 Å². The zero-order chi connectivity index (χ0) is 33.4. The molecule has 12 heteroatoms. The van der Waals surface area contributed by atoms with Gasteiger partial charge in [-0.25, -0.2) is 4.98 Å². The lowest BCUT2D eigenvalue weighted by Gasteiger charge is -2.29. The number of methoxy groups -OCH3 is 1. The Kier molecular flexibility index (Phi) is 11.7. The number of aryl methyl sites for hydroxylation is 2. The number of hydrogen-bond acceptors (Lipinski definition) is 7. The maximum Gasteiger partial charge on any atom is 0.259 e. The summed E-state index contributed by atoms with van der Waals surface area (Å²) < 4.78 is 5.49. The molecule has 0 unspecified atom stereocenters. The van der Waals surface area contributed by atoms with Gasteiger partial charge in [-0.15, -0.1) is 0 Å². The van der Waals surface area contributed by atoms with Crippen LogP contribution in [0.1, 0.15) is 74.1 Å². The van der Waals surface area contributed by atoms with Crippen molar-refractivity contribution in [1.29, 1.82) is 0 Å². The number of carbonyl (C=O) groups excluding carboxylic acids is 5. The minimum Gasteiger partial charge on any atom is -0.480 e. The van der Waals surface area contributed by atoms with Gasteiger partial charge in [0.15, 0.2) is 0 Å². The van der Waals surface area contributed by atoms with Gasteiger partial charge in [0.1, 0.15) is 23.7 Å². The van der Waals surface area contributed by atoms with E-state index in [2.05, 4.69) is 26.3 Å². The molecular weight excluding hydrogens is 588 g/mol. The number of aromatic nitrogens is 1. The van der Waals surface area contributed by atoms with Crippen molar-refractivity contribution in [3.63, 3.8) is 0 Å². The molecule has 1 aromatic heterocycles. The fraction of sp³-hybridized carbons (Fsp3) is 0.529. The molecule has 0 spiro atoms. The van der Waals surface area contributed by atoms with Gasteiger partial charge in [0.05, 0.1) is 13.7 Å². The third kappa shape index (κ3) is 8.82. The first-order valence-electron chi connectivity index (χ1n) is 16.1. The van der Waals surface area contributed by atoms with Crippen LogP contribution in [0.3, 0.4) is 0 Å². The molecule has 4 N–H and O–H groups in total. The SMILES string of the molecule is CC[C@H]1CN(C(=O)c2cc3c(nc2OC)CCC3)CC(=O)N[C@H](C)C(=O)N[C@@H](CC(C)C)C(=O)N[C@@H](Cc2ccccc2)C(=O)N1. The van der Waals surface area contributed by atoms with Crippen LogP contribution in [0.5, 0.6) is 5.88 Å². The first-order valence-corrected chi connectivity index (χ1v) is 16.1. The fourth-order valence-corrected chi connectivity index (χ4v) is 5.85. The summed E-state index contributed by atoms with van der Waals surface area (Å²) in [6, 6.07) is 7.67. The van der Waals surface area contributed by atoms with Crippen molar-refractivity contribution in [2.45, 2.75) is 90.4 Å². The number of fused-ring (bicyclic) bond motifs is 1. The van der Waals surface area contributed by atoms with E-state index >= 15 is 0 Å². The highest BCUT2D eigenvalue weighted by molar-refractivity contribution is 5.99. The van der Waals surface area contributed by atoms with Crippen molar-refractivity contribution < 1.29 is 28.7 Å². The number of rotatable bonds is 7. The first-order chi connectivity index (χ1) is 22.0. The summed E-state index contributed by atoms with van der Waals surface area (Å²) >= 11 is 0. The molecule has 2 heterocycles. The lowest BCUT2D eigenvalue weighted by molar-refractivity contribution is -0.133. The second-order valence-electron chi connectivity index (χ2n) is 12.5. The molecule has 248 valence electrons. The zero-order valence-corrected chi connectivity index (χ0v) is 27.4. The average molecular weight is 635 g/mol. The number of amides is 5. The summed E-state index contributed by atoms with van der Waals surface area (Å²) in [4.78, 5) is 73.9. The monoisotopic (exact) mass is 634 g/mol. The van der Waals surface area contributed by atoms with Gasteiger partial charge in [-0.1, -0.05) is 51.1 Å². The van der Waals surface area contributed by atoms with Crippen molar-refractivity contribution >= 4 is 29.5 Å². The summed E-state index contributed by atoms with van der Waals surface area (Å²) in [5.74, 6) is -2.29. The number of carbonyl (C=O) groups is 5. The Morgan fingerprint density at radius 2 is 1.67 bits per heavy atom. The average Bonchev–Trinajstić information content (AvgIpc) is 3.49. The molecule has 2 aliphatic rings. The van der Waals surface area contributed by atoms with E-state index in [1.807, 2.05) is 51.1 Å². The zero-order valence-electron chi connectivity index (χ0n) is 27.4. The fourth-order valence-electron chi connectivity index (χ4n) is 5.85. The molecule has 4 atom stereocenters. The Morgan fingerprint density at radius 3 is 2.35 bits per heavy atom. The van der Waals surface area contributed by atoms with Crippen LogP contribution in [0.2, 0.25) is 0 Å². The van der Waals surface area contributed by atoms with E-state index in [4.69, 9.17) is 4.74 Å². The summed E-state index contributed by atoms with van der Waals surface area (Å²) in [5.41, 5.74) is 2.93. The van der Waals surface area contributed by atoms with Crippen LogP contribution in [-0.4, -0.2) is 83.8 Å². The summed E-state index contributed by atoms with van der Waals surface area (Å²) in [6.45, 7) is 6.87. The minimum absolute atomic E-state index is 0.00269. The Bertz CT molecular complexity index is 1430. The van der Waals surface area contributed by atoms with Gasteiger partial charge in [0.25, 0.3) is 5.91 Å². The predicted octanol–water partition coefficient (Wildman–Crippen LogP) is 1.69. The second-order valence-corrected chi connectivity index (χ2v) is 12.5. The van der Waals surface area contributed by atoms with Crippen molar-refractivity contribution in [2.75, 3.05) is 20.2 Å². The number of nitrogens with one attached hydrogen (secondary N) is 4. The summed E-state index contributed by atoms with van der Waals surface area (Å²) in [5, 5.41) is 11.3. The molecule has 1 fully saturated rings. The molecule has 1 aromatic carbocycles. The van der Waals surface area contributed by atoms with Crippen LogP contribution in [-0.2, 0) is 38.4 Å². The molecule has 0 saturated carbocycles. The van der Waals surface area contributed by atoms with Crippen LogP contribution in [0, 0.1) is 5.92 Å². The van der Waals surface area contributed by atoms with Gasteiger partial charge in [-0.05, 0) is 62.1 Å². The highest BCUT2D eigenvalue weighted by atomic mass is 16.5. The Labute approximate surface area is 270 Å². The van der Waals surface area contributed by atoms with Gasteiger partial charge in [-0.2, -0.15) is 0 Å². The maximum absolute atomic E-state index is 14.1. The number of hydrogen-bond donors (Lipinski definition) is 4. The Balaban J connectivity index is 1.69. The number of ether oxygens (including phenoxy) is 1. The molecule has 1 aliphatic carbocycles. The molecule has 1 aliphatic heterocycles. The third-order valence-corrected chi connectivity index (χ3v) is 8.37. The Hall–Kier alpha value is -4.48. The summed E-state index contributed by atoms with van der Waals surface area (Å²) in [7, 11) is 1.45. The quantitative estimate of drug-likeness (QED) is 0.361. The van der Waals surface area contributed by atoms with Crippen LogP contribution in [0.4, 0.5) is 0 Å². The number of pyridine rings is 1. The second kappa shape index (κ2) is 15.7. The first kappa shape index (κ1) is 34.4. The van der Waals surface area contributed by atoms with Crippen molar-refractivity contribution in [3.8, 4) is 5.88 Å². The van der Waals surface area contributed by atoms with Gasteiger partial charge in [0, 0.05) is 24.7 Å². The van der Waals surface area contributed by atoms with E-state index in [0.29, 0.717) is 12.8 Å². The van der Waals surface area contributed by atoms with Crippen molar-refractivity contribution in [3.05, 3.63) is 58.8 Å². The number of benzene rings is 1. The lowest BCUT2D eigenvalue weighted by atomic mass is 10.0. The van der Waals surface area contributed by atoms with Gasteiger partial charge >= 0.3 is 0 Å². The smallest absolute Gasteiger partial charge is 0.259 e. The highest BCUT2D eigenvalue weighted by Crippen LogP contribution is 2.27. The van der Waals surface area contributed by atoms with Crippen molar-refractivity contribution in [1.82, 2.24) is 31.2 Å². The Morgan fingerprint density at radius 1 is 0.978 bits per heavy atom. The van der Waals surface area contributed by atoms with Crippen LogP contribution in [0.25, 0.3) is 0 Å². The lowest BCUT2D eigenvalue weighted by Crippen LogP contribution is -2.57.